The number of aryl methyl sites for hydroxylation is 1. The largest absolute Gasteiger partial charge is 0.303 e. The molecular weight excluding hydrogens is 351 g/mol. The van der Waals surface area contributed by atoms with Gasteiger partial charge in [0.1, 0.15) is 5.82 Å². The van der Waals surface area contributed by atoms with E-state index in [1.54, 1.807) is 24.0 Å². The molecule has 1 unspecified atom stereocenters. The molecule has 1 amide bonds. The molecule has 1 atom stereocenters. The monoisotopic (exact) mass is 372 g/mol. The summed E-state index contributed by atoms with van der Waals surface area (Å²) in [5, 5.41) is 0. The van der Waals surface area contributed by atoms with Crippen molar-refractivity contribution in [2.75, 3.05) is 4.90 Å². The van der Waals surface area contributed by atoms with Gasteiger partial charge in [-0.1, -0.05) is 54.1 Å². The van der Waals surface area contributed by atoms with Crippen molar-refractivity contribution in [1.29, 1.82) is 0 Å². The number of anilines is 1. The molecule has 3 nitrogen and oxygen atoms in total. The van der Waals surface area contributed by atoms with Crippen molar-refractivity contribution in [2.24, 2.45) is 4.99 Å². The first-order chi connectivity index (χ1) is 13.5. The molecule has 28 heavy (non-hydrogen) atoms. The third-order valence-electron chi connectivity index (χ3n) is 5.07. The number of rotatable bonds is 2. The van der Waals surface area contributed by atoms with E-state index in [0.717, 1.165) is 28.2 Å². The van der Waals surface area contributed by atoms with Crippen LogP contribution in [0.4, 0.5) is 15.8 Å². The van der Waals surface area contributed by atoms with E-state index in [2.05, 4.69) is 24.3 Å². The Morgan fingerprint density at radius 1 is 1.00 bits per heavy atom. The van der Waals surface area contributed by atoms with Gasteiger partial charge in [0.25, 0.3) is 0 Å². The van der Waals surface area contributed by atoms with Crippen LogP contribution in [-0.2, 0) is 4.79 Å². The minimum absolute atomic E-state index is 0.0675. The topological polar surface area (TPSA) is 32.7 Å². The number of hydrogen-bond donors (Lipinski definition) is 0. The predicted molar refractivity (Wildman–Crippen MR) is 111 cm³/mol. The maximum absolute atomic E-state index is 13.5. The maximum atomic E-state index is 13.5. The third kappa shape index (κ3) is 3.46. The summed E-state index contributed by atoms with van der Waals surface area (Å²) in [7, 11) is 0. The van der Waals surface area contributed by atoms with Crippen molar-refractivity contribution in [3.8, 4) is 0 Å². The SMILES string of the molecule is CC(=O)N1c2ccccc2N=C(c2ccc(C)cc2)CC1c1ccc(F)cc1. The molecule has 0 N–H and O–H groups in total. The second-order valence-electron chi connectivity index (χ2n) is 7.07. The number of benzene rings is 3. The standard InChI is InChI=1S/C24H21FN2O/c1-16-7-9-18(10-8-16)22-15-24(19-11-13-20(25)14-12-19)27(17(2)28)23-6-4-3-5-21(23)26-22/h3-14,24H,15H2,1-2H3. The minimum atomic E-state index is -0.292. The molecular formula is C24H21FN2O. The molecule has 3 aromatic carbocycles. The molecule has 140 valence electrons. The fourth-order valence-electron chi connectivity index (χ4n) is 3.67. The van der Waals surface area contributed by atoms with Gasteiger partial charge in [0.05, 0.1) is 23.1 Å². The predicted octanol–water partition coefficient (Wildman–Crippen LogP) is 5.75. The zero-order chi connectivity index (χ0) is 19.7. The van der Waals surface area contributed by atoms with E-state index < -0.39 is 0 Å². The Hall–Kier alpha value is -3.27. The maximum Gasteiger partial charge on any atom is 0.224 e. The van der Waals surface area contributed by atoms with E-state index in [0.29, 0.717) is 6.42 Å². The molecule has 0 radical (unpaired) electrons. The van der Waals surface area contributed by atoms with Gasteiger partial charge in [0.2, 0.25) is 5.91 Å². The highest BCUT2D eigenvalue weighted by Crippen LogP contribution is 2.40. The highest BCUT2D eigenvalue weighted by atomic mass is 19.1. The van der Waals surface area contributed by atoms with Crippen molar-refractivity contribution < 1.29 is 9.18 Å². The van der Waals surface area contributed by atoms with Crippen LogP contribution in [0.25, 0.3) is 0 Å². The van der Waals surface area contributed by atoms with Gasteiger partial charge in [-0.2, -0.15) is 0 Å². The number of nitrogens with zero attached hydrogens (tertiary/aromatic N) is 2. The zero-order valence-corrected chi connectivity index (χ0v) is 15.9. The van der Waals surface area contributed by atoms with E-state index in [9.17, 15) is 9.18 Å². The number of amides is 1. The Morgan fingerprint density at radius 3 is 2.36 bits per heavy atom. The van der Waals surface area contributed by atoms with E-state index in [-0.39, 0.29) is 17.8 Å². The molecule has 4 rings (SSSR count). The molecule has 0 bridgehead atoms. The Balaban J connectivity index is 1.89. The first-order valence-corrected chi connectivity index (χ1v) is 9.32. The zero-order valence-electron chi connectivity index (χ0n) is 15.9. The summed E-state index contributed by atoms with van der Waals surface area (Å²) in [5.74, 6) is -0.360. The van der Waals surface area contributed by atoms with Crippen molar-refractivity contribution in [3.63, 3.8) is 0 Å². The van der Waals surface area contributed by atoms with Crippen LogP contribution in [0.15, 0.2) is 77.8 Å². The van der Waals surface area contributed by atoms with Gasteiger partial charge < -0.3 is 4.90 Å². The summed E-state index contributed by atoms with van der Waals surface area (Å²) >= 11 is 0. The van der Waals surface area contributed by atoms with Gasteiger partial charge in [-0.05, 0) is 42.3 Å². The second kappa shape index (κ2) is 7.39. The Kier molecular flexibility index (Phi) is 4.78. The van der Waals surface area contributed by atoms with Crippen LogP contribution >= 0.6 is 0 Å². The minimum Gasteiger partial charge on any atom is -0.303 e. The number of fused-ring (bicyclic) bond motifs is 1. The van der Waals surface area contributed by atoms with Gasteiger partial charge in [0, 0.05) is 13.3 Å². The average Bonchev–Trinajstić information content (AvgIpc) is 2.86. The highest BCUT2D eigenvalue weighted by Gasteiger charge is 2.30. The van der Waals surface area contributed by atoms with Gasteiger partial charge in [-0.3, -0.25) is 9.79 Å². The molecule has 1 aliphatic heterocycles. The number of para-hydroxylation sites is 2. The molecule has 0 fully saturated rings. The summed E-state index contributed by atoms with van der Waals surface area (Å²) in [6, 6.07) is 22.0. The van der Waals surface area contributed by atoms with Crippen LogP contribution in [0.1, 0.15) is 36.1 Å². The van der Waals surface area contributed by atoms with Gasteiger partial charge in [-0.15, -0.1) is 0 Å². The Morgan fingerprint density at radius 2 is 1.68 bits per heavy atom. The molecule has 3 aromatic rings. The van der Waals surface area contributed by atoms with Crippen molar-refractivity contribution in [2.45, 2.75) is 26.3 Å². The molecule has 0 saturated heterocycles. The number of carbonyl (C=O) groups is 1. The lowest BCUT2D eigenvalue weighted by atomic mass is 9.95. The van der Waals surface area contributed by atoms with Crippen molar-refractivity contribution >= 4 is 23.0 Å². The van der Waals surface area contributed by atoms with Gasteiger partial charge >= 0.3 is 0 Å². The normalized spacial score (nSPS) is 16.2. The lowest BCUT2D eigenvalue weighted by molar-refractivity contribution is -0.117. The molecule has 0 spiro atoms. The van der Waals surface area contributed by atoms with Crippen LogP contribution in [0.2, 0.25) is 0 Å². The summed E-state index contributed by atoms with van der Waals surface area (Å²) in [5.41, 5.74) is 5.53. The van der Waals surface area contributed by atoms with Crippen LogP contribution in [0.3, 0.4) is 0 Å². The summed E-state index contributed by atoms with van der Waals surface area (Å²) < 4.78 is 13.5. The van der Waals surface area contributed by atoms with Gasteiger partial charge in [0.15, 0.2) is 0 Å². The first kappa shape index (κ1) is 18.1. The smallest absolute Gasteiger partial charge is 0.224 e. The molecule has 0 saturated carbocycles. The quantitative estimate of drug-likeness (QED) is 0.563. The first-order valence-electron chi connectivity index (χ1n) is 9.32. The fraction of sp³-hybridized carbons (Fsp3) is 0.167. The third-order valence-corrected chi connectivity index (χ3v) is 5.07. The summed E-state index contributed by atoms with van der Waals surface area (Å²) in [6.45, 7) is 3.61. The Bertz CT molecular complexity index is 1040. The van der Waals surface area contributed by atoms with Crippen LogP contribution in [0.5, 0.6) is 0 Å². The number of halogens is 1. The fourth-order valence-corrected chi connectivity index (χ4v) is 3.67. The number of carbonyl (C=O) groups excluding carboxylic acids is 1. The number of aliphatic imine (C=N–C) groups is 1. The molecule has 4 heteroatoms. The van der Waals surface area contributed by atoms with E-state index in [4.69, 9.17) is 4.99 Å². The molecule has 0 aliphatic carbocycles. The highest BCUT2D eigenvalue weighted by molar-refractivity contribution is 6.07. The van der Waals surface area contributed by atoms with E-state index in [1.165, 1.54) is 17.7 Å². The number of hydrogen-bond acceptors (Lipinski definition) is 2. The van der Waals surface area contributed by atoms with Crippen LogP contribution < -0.4 is 4.90 Å². The van der Waals surface area contributed by atoms with Crippen LogP contribution in [-0.4, -0.2) is 11.6 Å². The van der Waals surface area contributed by atoms with Crippen molar-refractivity contribution in [1.82, 2.24) is 0 Å². The average molecular weight is 372 g/mol. The molecule has 1 aliphatic rings. The molecule has 0 aromatic heterocycles. The van der Waals surface area contributed by atoms with Crippen LogP contribution in [0, 0.1) is 12.7 Å². The summed E-state index contributed by atoms with van der Waals surface area (Å²) in [6.07, 6.45) is 0.545. The molecule has 1 heterocycles. The van der Waals surface area contributed by atoms with E-state index in [1.807, 2.05) is 31.2 Å². The summed E-state index contributed by atoms with van der Waals surface area (Å²) in [4.78, 5) is 19.3. The lowest BCUT2D eigenvalue weighted by Gasteiger charge is -2.30. The van der Waals surface area contributed by atoms with Crippen molar-refractivity contribution in [3.05, 3.63) is 95.3 Å². The lowest BCUT2D eigenvalue weighted by Crippen LogP contribution is -2.33. The van der Waals surface area contributed by atoms with E-state index >= 15 is 0 Å². The van der Waals surface area contributed by atoms with Gasteiger partial charge in [-0.25, -0.2) is 4.39 Å². The Labute approximate surface area is 164 Å². The second-order valence-corrected chi connectivity index (χ2v) is 7.07.